The highest BCUT2D eigenvalue weighted by atomic mass is 16.4. The number of hydrogen-bond acceptors (Lipinski definition) is 5. The maximum absolute atomic E-state index is 13.7. The van der Waals surface area contributed by atoms with Gasteiger partial charge in [-0.15, -0.1) is 0 Å². The molecule has 4 atom stereocenters. The molecule has 0 aliphatic carbocycles. The Morgan fingerprint density at radius 1 is 1.06 bits per heavy atom. The molecule has 3 aliphatic rings. The van der Waals surface area contributed by atoms with E-state index >= 15 is 0 Å². The normalized spacial score (nSPS) is 27.3. The van der Waals surface area contributed by atoms with Crippen LogP contribution in [0.25, 0.3) is 0 Å². The van der Waals surface area contributed by atoms with E-state index in [4.69, 9.17) is 0 Å². The van der Waals surface area contributed by atoms with Crippen molar-refractivity contribution in [1.82, 2.24) is 10.2 Å². The average molecular weight is 462 g/mol. The van der Waals surface area contributed by atoms with Gasteiger partial charge in [0.2, 0.25) is 17.7 Å². The molecule has 3 heterocycles. The lowest BCUT2D eigenvalue weighted by Gasteiger charge is -2.29. The number of fused-ring (bicyclic) bond motifs is 4. The molecule has 0 aromatic heterocycles. The van der Waals surface area contributed by atoms with Crippen LogP contribution in [0.2, 0.25) is 0 Å². The zero-order valence-electron chi connectivity index (χ0n) is 18.9. The summed E-state index contributed by atoms with van der Waals surface area (Å²) in [5.74, 6) is -3.76. The topological polar surface area (TPSA) is 116 Å². The van der Waals surface area contributed by atoms with Crippen LogP contribution in [0.5, 0.6) is 0 Å². The number of aryl methyl sites for hydroxylation is 1. The van der Waals surface area contributed by atoms with Gasteiger partial charge in [-0.25, -0.2) is 0 Å². The number of rotatable bonds is 7. The number of nitrogens with zero attached hydrogens (tertiary/aromatic N) is 1. The number of nitrogens with one attached hydrogen (secondary N) is 2. The number of carboxylic acid groups (broad SMARTS) is 1. The summed E-state index contributed by atoms with van der Waals surface area (Å²) in [6, 6.07) is 14.7. The fourth-order valence-corrected chi connectivity index (χ4v) is 5.76. The molecule has 8 nitrogen and oxygen atoms in total. The smallest absolute Gasteiger partial charge is 0.303 e. The van der Waals surface area contributed by atoms with Gasteiger partial charge in [-0.1, -0.05) is 49.4 Å². The molecule has 0 bridgehead atoms. The third-order valence-corrected chi connectivity index (χ3v) is 7.41. The molecular weight excluding hydrogens is 434 g/mol. The maximum atomic E-state index is 13.7. The van der Waals surface area contributed by atoms with E-state index in [1.807, 2.05) is 55.5 Å². The summed E-state index contributed by atoms with van der Waals surface area (Å²) in [6.45, 7) is 2.23. The summed E-state index contributed by atoms with van der Waals surface area (Å²) in [6.07, 6.45) is 1.26. The number of anilines is 1. The lowest BCUT2D eigenvalue weighted by Crippen LogP contribution is -2.53. The SMILES string of the molecule is CCc1ccc2c(c1)C1(NC(CCC(=O)O)C3C(=O)N(CCc4ccccc4)C(=O)C31)C(=O)N2. The van der Waals surface area contributed by atoms with Crippen LogP contribution in [0, 0.1) is 11.8 Å². The Morgan fingerprint density at radius 3 is 2.53 bits per heavy atom. The Hall–Kier alpha value is -3.52. The second kappa shape index (κ2) is 8.36. The molecule has 34 heavy (non-hydrogen) atoms. The van der Waals surface area contributed by atoms with Crippen molar-refractivity contribution in [2.75, 3.05) is 11.9 Å². The molecule has 3 amide bonds. The first-order valence-corrected chi connectivity index (χ1v) is 11.7. The molecule has 2 fully saturated rings. The zero-order chi connectivity index (χ0) is 24.0. The second-order valence-electron chi connectivity index (χ2n) is 9.25. The van der Waals surface area contributed by atoms with Gasteiger partial charge in [0.1, 0.15) is 5.54 Å². The van der Waals surface area contributed by atoms with Crippen molar-refractivity contribution in [3.05, 3.63) is 65.2 Å². The van der Waals surface area contributed by atoms with Gasteiger partial charge in [-0.3, -0.25) is 29.4 Å². The predicted molar refractivity (Wildman–Crippen MR) is 124 cm³/mol. The molecule has 3 aliphatic heterocycles. The maximum Gasteiger partial charge on any atom is 0.303 e. The number of carbonyl (C=O) groups excluding carboxylic acids is 3. The number of imide groups is 1. The van der Waals surface area contributed by atoms with E-state index in [1.165, 1.54) is 4.90 Å². The van der Waals surface area contributed by atoms with Crippen LogP contribution in [0.15, 0.2) is 48.5 Å². The fourth-order valence-electron chi connectivity index (χ4n) is 5.76. The Labute approximate surface area is 197 Å². The molecule has 2 aromatic carbocycles. The molecular formula is C26H27N3O5. The number of benzene rings is 2. The van der Waals surface area contributed by atoms with Gasteiger partial charge in [-0.2, -0.15) is 0 Å². The van der Waals surface area contributed by atoms with E-state index in [0.717, 1.165) is 17.5 Å². The van der Waals surface area contributed by atoms with Gasteiger partial charge >= 0.3 is 5.97 Å². The lowest BCUT2D eigenvalue weighted by atomic mass is 9.76. The number of hydrogen-bond donors (Lipinski definition) is 3. The third kappa shape index (κ3) is 3.32. The highest BCUT2D eigenvalue weighted by molar-refractivity contribution is 6.15. The van der Waals surface area contributed by atoms with Crippen molar-refractivity contribution in [3.63, 3.8) is 0 Å². The number of carboxylic acids is 1. The van der Waals surface area contributed by atoms with Crippen molar-refractivity contribution < 1.29 is 24.3 Å². The number of aliphatic carboxylic acids is 1. The average Bonchev–Trinajstić information content (AvgIpc) is 3.41. The van der Waals surface area contributed by atoms with Gasteiger partial charge < -0.3 is 10.4 Å². The summed E-state index contributed by atoms with van der Waals surface area (Å²) in [7, 11) is 0. The fraction of sp³-hybridized carbons (Fsp3) is 0.385. The Morgan fingerprint density at radius 2 is 1.82 bits per heavy atom. The number of amides is 3. The minimum Gasteiger partial charge on any atom is -0.481 e. The Bertz CT molecular complexity index is 1180. The van der Waals surface area contributed by atoms with Crippen LogP contribution in [-0.4, -0.2) is 46.3 Å². The molecule has 3 N–H and O–H groups in total. The van der Waals surface area contributed by atoms with Gasteiger partial charge in [-0.05, 0) is 36.5 Å². The molecule has 8 heteroatoms. The van der Waals surface area contributed by atoms with E-state index in [1.54, 1.807) is 0 Å². The highest BCUT2D eigenvalue weighted by Gasteiger charge is 2.70. The molecule has 0 saturated carbocycles. The zero-order valence-corrected chi connectivity index (χ0v) is 18.9. The molecule has 1 spiro atoms. The van der Waals surface area contributed by atoms with Gasteiger partial charge in [0.05, 0.1) is 11.8 Å². The minimum atomic E-state index is -1.39. The van der Waals surface area contributed by atoms with Crippen molar-refractivity contribution in [2.45, 2.75) is 44.2 Å². The van der Waals surface area contributed by atoms with Crippen LogP contribution >= 0.6 is 0 Å². The van der Waals surface area contributed by atoms with E-state index in [2.05, 4.69) is 10.6 Å². The summed E-state index contributed by atoms with van der Waals surface area (Å²) in [5, 5.41) is 15.4. The molecule has 2 aromatic rings. The van der Waals surface area contributed by atoms with Crippen LogP contribution in [0.4, 0.5) is 5.69 Å². The van der Waals surface area contributed by atoms with Crippen molar-refractivity contribution in [3.8, 4) is 0 Å². The van der Waals surface area contributed by atoms with Crippen molar-refractivity contribution in [2.24, 2.45) is 11.8 Å². The number of likely N-dealkylation sites (tertiary alicyclic amines) is 1. The number of carbonyl (C=O) groups is 4. The molecule has 2 saturated heterocycles. The first-order valence-electron chi connectivity index (χ1n) is 11.7. The van der Waals surface area contributed by atoms with Gasteiger partial charge in [0.25, 0.3) is 0 Å². The van der Waals surface area contributed by atoms with Crippen LogP contribution in [-0.2, 0) is 37.6 Å². The van der Waals surface area contributed by atoms with Gasteiger partial charge in [0, 0.05) is 30.3 Å². The monoisotopic (exact) mass is 461 g/mol. The summed E-state index contributed by atoms with van der Waals surface area (Å²) in [5.41, 5.74) is 1.92. The van der Waals surface area contributed by atoms with Gasteiger partial charge in [0.15, 0.2) is 0 Å². The molecule has 0 radical (unpaired) electrons. The Balaban J connectivity index is 1.54. The second-order valence-corrected chi connectivity index (χ2v) is 9.25. The molecule has 4 unspecified atom stereocenters. The predicted octanol–water partition coefficient (Wildman–Crippen LogP) is 2.08. The van der Waals surface area contributed by atoms with Crippen LogP contribution in [0.1, 0.15) is 36.5 Å². The van der Waals surface area contributed by atoms with E-state index in [9.17, 15) is 24.3 Å². The third-order valence-electron chi connectivity index (χ3n) is 7.41. The van der Waals surface area contributed by atoms with Crippen LogP contribution < -0.4 is 10.6 Å². The summed E-state index contributed by atoms with van der Waals surface area (Å²) in [4.78, 5) is 53.3. The van der Waals surface area contributed by atoms with Crippen molar-refractivity contribution in [1.29, 1.82) is 0 Å². The Kier molecular flexibility index (Phi) is 5.48. The quantitative estimate of drug-likeness (QED) is 0.544. The van der Waals surface area contributed by atoms with E-state index in [0.29, 0.717) is 17.7 Å². The summed E-state index contributed by atoms with van der Waals surface area (Å²) >= 11 is 0. The van der Waals surface area contributed by atoms with E-state index < -0.39 is 29.4 Å². The van der Waals surface area contributed by atoms with Crippen molar-refractivity contribution >= 4 is 29.4 Å². The molecule has 5 rings (SSSR count). The van der Waals surface area contributed by atoms with Crippen LogP contribution in [0.3, 0.4) is 0 Å². The van der Waals surface area contributed by atoms with E-state index in [-0.39, 0.29) is 37.1 Å². The summed E-state index contributed by atoms with van der Waals surface area (Å²) < 4.78 is 0. The largest absolute Gasteiger partial charge is 0.481 e. The minimum absolute atomic E-state index is 0.153. The standard InChI is InChI=1S/C26H27N3O5/c1-2-15-8-9-18-17(14-15)26(25(34)27-18)22-21(19(28-26)10-11-20(30)31)23(32)29(24(22)33)13-12-16-6-4-3-5-7-16/h3-9,14,19,21-22,28H,2,10-13H2,1H3,(H,27,34)(H,30,31). The molecule has 176 valence electrons. The highest BCUT2D eigenvalue weighted by Crippen LogP contribution is 2.53. The first kappa shape index (κ1) is 22.3. The first-order chi connectivity index (χ1) is 16.4. The lowest BCUT2D eigenvalue weighted by molar-refractivity contribution is -0.143.